The van der Waals surface area contributed by atoms with E-state index in [9.17, 15) is 24.3 Å². The van der Waals surface area contributed by atoms with E-state index in [0.29, 0.717) is 12.1 Å². The molecular formula is C21H19N2O5-. The second-order valence-electron chi connectivity index (χ2n) is 7.17. The minimum atomic E-state index is -1.40. The lowest BCUT2D eigenvalue weighted by atomic mass is 10.0. The number of amides is 3. The average molecular weight is 379 g/mol. The van der Waals surface area contributed by atoms with Gasteiger partial charge in [-0.25, -0.2) is 0 Å². The van der Waals surface area contributed by atoms with Crippen LogP contribution >= 0.6 is 0 Å². The highest BCUT2D eigenvalue weighted by atomic mass is 16.4. The fourth-order valence-electron chi connectivity index (χ4n) is 3.09. The van der Waals surface area contributed by atoms with Crippen LogP contribution in [0, 0.1) is 12.8 Å². The molecule has 0 bridgehead atoms. The molecule has 0 spiro atoms. The maximum atomic E-state index is 12.6. The monoisotopic (exact) mass is 379 g/mol. The normalized spacial score (nSPS) is 13.1. The van der Waals surface area contributed by atoms with Gasteiger partial charge in [0.1, 0.15) is 0 Å². The summed E-state index contributed by atoms with van der Waals surface area (Å²) in [6, 6.07) is 8.78. The molecule has 0 saturated carbocycles. The van der Waals surface area contributed by atoms with Gasteiger partial charge in [-0.15, -0.1) is 0 Å². The molecule has 2 aromatic rings. The van der Waals surface area contributed by atoms with Gasteiger partial charge in [-0.1, -0.05) is 25.5 Å². The molecule has 28 heavy (non-hydrogen) atoms. The molecule has 3 rings (SSSR count). The van der Waals surface area contributed by atoms with Gasteiger partial charge in [-0.2, -0.15) is 0 Å². The number of carboxylic acids is 1. The fraction of sp³-hybridized carbons (Fsp3) is 0.238. The minimum Gasteiger partial charge on any atom is -0.545 e. The van der Waals surface area contributed by atoms with Crippen LogP contribution in [0.3, 0.4) is 0 Å². The number of nitrogens with one attached hydrogen (secondary N) is 1. The van der Waals surface area contributed by atoms with Crippen LogP contribution in [0.2, 0.25) is 0 Å². The Morgan fingerprint density at radius 1 is 1.04 bits per heavy atom. The quantitative estimate of drug-likeness (QED) is 0.798. The summed E-state index contributed by atoms with van der Waals surface area (Å²) < 4.78 is 0. The SMILES string of the molecule is Cc1ccc(NC(=O)c2ccc3c(c2)C(=O)N(CC(C)C)C3=O)c(C(=O)[O-])c1. The molecular weight excluding hydrogens is 360 g/mol. The lowest BCUT2D eigenvalue weighted by Gasteiger charge is -2.15. The third-order valence-corrected chi connectivity index (χ3v) is 4.42. The fourth-order valence-corrected chi connectivity index (χ4v) is 3.09. The number of aromatic carboxylic acids is 1. The van der Waals surface area contributed by atoms with Crippen molar-refractivity contribution in [2.75, 3.05) is 11.9 Å². The Morgan fingerprint density at radius 2 is 1.71 bits per heavy atom. The smallest absolute Gasteiger partial charge is 0.261 e. The van der Waals surface area contributed by atoms with E-state index in [1.54, 1.807) is 13.0 Å². The Kier molecular flexibility index (Phi) is 5.00. The van der Waals surface area contributed by atoms with Gasteiger partial charge in [0.2, 0.25) is 0 Å². The van der Waals surface area contributed by atoms with E-state index >= 15 is 0 Å². The lowest BCUT2D eigenvalue weighted by molar-refractivity contribution is -0.254. The van der Waals surface area contributed by atoms with Crippen molar-refractivity contribution in [1.29, 1.82) is 0 Å². The van der Waals surface area contributed by atoms with Gasteiger partial charge >= 0.3 is 0 Å². The molecule has 7 heteroatoms. The molecule has 0 atom stereocenters. The molecule has 0 aromatic heterocycles. The number of benzene rings is 2. The molecule has 1 heterocycles. The first-order valence-electron chi connectivity index (χ1n) is 8.82. The van der Waals surface area contributed by atoms with E-state index in [4.69, 9.17) is 0 Å². The highest BCUT2D eigenvalue weighted by molar-refractivity contribution is 6.22. The predicted molar refractivity (Wildman–Crippen MR) is 100 cm³/mol. The number of imide groups is 1. The Hall–Kier alpha value is -3.48. The second-order valence-corrected chi connectivity index (χ2v) is 7.17. The van der Waals surface area contributed by atoms with Crippen molar-refractivity contribution in [3.05, 3.63) is 64.2 Å². The zero-order valence-electron chi connectivity index (χ0n) is 15.7. The number of hydrogen-bond acceptors (Lipinski definition) is 5. The van der Waals surface area contributed by atoms with Crippen LogP contribution in [0.1, 0.15) is 60.8 Å². The van der Waals surface area contributed by atoms with E-state index in [-0.39, 0.29) is 39.8 Å². The van der Waals surface area contributed by atoms with Gasteiger partial charge < -0.3 is 15.2 Å². The zero-order valence-corrected chi connectivity index (χ0v) is 15.7. The first-order valence-corrected chi connectivity index (χ1v) is 8.82. The van der Waals surface area contributed by atoms with Gasteiger partial charge in [0.15, 0.2) is 0 Å². The van der Waals surface area contributed by atoms with Crippen molar-refractivity contribution in [3.8, 4) is 0 Å². The molecule has 1 aliphatic heterocycles. The van der Waals surface area contributed by atoms with Crippen LogP contribution in [0.15, 0.2) is 36.4 Å². The largest absolute Gasteiger partial charge is 0.545 e. The van der Waals surface area contributed by atoms with Crippen molar-refractivity contribution >= 4 is 29.4 Å². The first kappa shape index (κ1) is 19.3. The van der Waals surface area contributed by atoms with Crippen LogP contribution in [-0.4, -0.2) is 35.1 Å². The van der Waals surface area contributed by atoms with Crippen molar-refractivity contribution in [2.45, 2.75) is 20.8 Å². The summed E-state index contributed by atoms with van der Waals surface area (Å²) in [6.07, 6.45) is 0. The molecule has 1 aliphatic rings. The molecule has 1 N–H and O–H groups in total. The van der Waals surface area contributed by atoms with Crippen LogP contribution in [0.25, 0.3) is 0 Å². The summed E-state index contributed by atoms with van der Waals surface area (Å²) in [5, 5.41) is 13.8. The number of nitrogens with zero attached hydrogens (tertiary/aromatic N) is 1. The summed E-state index contributed by atoms with van der Waals surface area (Å²) in [7, 11) is 0. The van der Waals surface area contributed by atoms with Crippen molar-refractivity contribution in [1.82, 2.24) is 4.90 Å². The highest BCUT2D eigenvalue weighted by Gasteiger charge is 2.36. The zero-order chi connectivity index (χ0) is 20.6. The van der Waals surface area contributed by atoms with Crippen LogP contribution in [0.5, 0.6) is 0 Å². The molecule has 0 aliphatic carbocycles. The van der Waals surface area contributed by atoms with Crippen molar-refractivity contribution < 1.29 is 24.3 Å². The summed E-state index contributed by atoms with van der Waals surface area (Å²) in [5.74, 6) is -2.68. The molecule has 0 radical (unpaired) electrons. The van der Waals surface area contributed by atoms with Gasteiger partial charge in [0, 0.05) is 17.7 Å². The van der Waals surface area contributed by atoms with Gasteiger partial charge in [0.05, 0.1) is 22.8 Å². The van der Waals surface area contributed by atoms with Crippen LogP contribution < -0.4 is 10.4 Å². The summed E-state index contributed by atoms with van der Waals surface area (Å²) in [5.41, 5.74) is 1.25. The van der Waals surface area contributed by atoms with E-state index in [2.05, 4.69) is 5.32 Å². The third kappa shape index (κ3) is 3.51. The van der Waals surface area contributed by atoms with Gasteiger partial charge in [-0.05, 0) is 43.2 Å². The van der Waals surface area contributed by atoms with Crippen LogP contribution in [0.4, 0.5) is 5.69 Å². The minimum absolute atomic E-state index is 0.0972. The second kappa shape index (κ2) is 7.26. The number of carbonyl (C=O) groups is 4. The van der Waals surface area contributed by atoms with E-state index in [1.807, 2.05) is 13.8 Å². The predicted octanol–water partition coefficient (Wildman–Crippen LogP) is 1.86. The third-order valence-electron chi connectivity index (χ3n) is 4.42. The average Bonchev–Trinajstić information content (AvgIpc) is 2.87. The summed E-state index contributed by atoms with van der Waals surface area (Å²) in [4.78, 5) is 50.0. The van der Waals surface area contributed by atoms with E-state index in [0.717, 1.165) is 0 Å². The number of aryl methyl sites for hydroxylation is 1. The number of hydrogen-bond donors (Lipinski definition) is 1. The highest BCUT2D eigenvalue weighted by Crippen LogP contribution is 2.25. The Bertz CT molecular complexity index is 1010. The first-order chi connectivity index (χ1) is 13.2. The lowest BCUT2D eigenvalue weighted by Crippen LogP contribution is -2.33. The Labute approximate surface area is 162 Å². The van der Waals surface area contributed by atoms with Gasteiger partial charge in [-0.3, -0.25) is 19.3 Å². The number of fused-ring (bicyclic) bond motifs is 1. The number of rotatable bonds is 5. The van der Waals surface area contributed by atoms with Crippen LogP contribution in [-0.2, 0) is 0 Å². The van der Waals surface area contributed by atoms with E-state index in [1.165, 1.54) is 35.2 Å². The maximum Gasteiger partial charge on any atom is 0.261 e. The molecule has 0 fully saturated rings. The maximum absolute atomic E-state index is 12.6. The Morgan fingerprint density at radius 3 is 2.36 bits per heavy atom. The summed E-state index contributed by atoms with van der Waals surface area (Å²) >= 11 is 0. The Balaban J connectivity index is 1.89. The molecule has 144 valence electrons. The molecule has 2 aromatic carbocycles. The molecule has 0 unspecified atom stereocenters. The van der Waals surface area contributed by atoms with Crippen molar-refractivity contribution in [3.63, 3.8) is 0 Å². The number of carbonyl (C=O) groups excluding carboxylic acids is 4. The number of carboxylic acid groups (broad SMARTS) is 1. The van der Waals surface area contributed by atoms with Gasteiger partial charge in [0.25, 0.3) is 17.7 Å². The standard InChI is InChI=1S/C21H20N2O5/c1-11(2)10-23-19(25)14-6-5-13(9-15(14)20(23)26)18(24)22-17-7-4-12(3)8-16(17)21(27)28/h4-9,11H,10H2,1-3H3,(H,22,24)(H,27,28)/p-1. The molecule has 3 amide bonds. The van der Waals surface area contributed by atoms with E-state index < -0.39 is 17.8 Å². The topological polar surface area (TPSA) is 107 Å². The van der Waals surface area contributed by atoms with Crippen molar-refractivity contribution in [2.24, 2.45) is 5.92 Å². The molecule has 7 nitrogen and oxygen atoms in total. The summed E-state index contributed by atoms with van der Waals surface area (Å²) in [6.45, 7) is 5.83. The molecule has 0 saturated heterocycles. The number of anilines is 1.